The van der Waals surface area contributed by atoms with Crippen LogP contribution in [0.25, 0.3) is 16.8 Å². The first kappa shape index (κ1) is 17.9. The normalized spacial score (nSPS) is 12.4. The lowest BCUT2D eigenvalue weighted by Gasteiger charge is -2.08. The SMILES string of the molecule is CC/C=C\C=C/Cc1cc(-c2ccccc2)nc(/C(C)=C/CC)n1. The third-order valence-electron chi connectivity index (χ3n) is 3.66. The zero-order valence-electron chi connectivity index (χ0n) is 14.9. The van der Waals surface area contributed by atoms with E-state index in [0.717, 1.165) is 47.6 Å². The Balaban J connectivity index is 2.35. The van der Waals surface area contributed by atoms with Gasteiger partial charge in [0.15, 0.2) is 5.82 Å². The second-order valence-electron chi connectivity index (χ2n) is 5.70. The minimum atomic E-state index is 0.808. The maximum atomic E-state index is 4.76. The molecule has 0 radical (unpaired) electrons. The standard InChI is InChI=1S/C22H26N2/c1-4-6-7-8-12-16-20-17-21(19-14-10-9-11-15-19)24-22(23-20)18(3)13-5-2/h6-15,17H,4-5,16H2,1-3H3/b7-6-,12-8-,18-13+. The van der Waals surface area contributed by atoms with E-state index in [0.29, 0.717) is 0 Å². The van der Waals surface area contributed by atoms with E-state index in [-0.39, 0.29) is 0 Å². The quantitative estimate of drug-likeness (QED) is 0.583. The van der Waals surface area contributed by atoms with Gasteiger partial charge >= 0.3 is 0 Å². The molecule has 0 atom stereocenters. The van der Waals surface area contributed by atoms with Crippen LogP contribution in [-0.4, -0.2) is 9.97 Å². The Kier molecular flexibility index (Phi) is 7.16. The molecule has 124 valence electrons. The number of aromatic nitrogens is 2. The van der Waals surface area contributed by atoms with Gasteiger partial charge in [0.2, 0.25) is 0 Å². The summed E-state index contributed by atoms with van der Waals surface area (Å²) in [6.45, 7) is 6.35. The van der Waals surface area contributed by atoms with Gasteiger partial charge in [-0.2, -0.15) is 0 Å². The summed E-state index contributed by atoms with van der Waals surface area (Å²) in [5, 5.41) is 0. The minimum Gasteiger partial charge on any atom is -0.233 e. The van der Waals surface area contributed by atoms with E-state index >= 15 is 0 Å². The smallest absolute Gasteiger partial charge is 0.155 e. The third-order valence-corrected chi connectivity index (χ3v) is 3.66. The van der Waals surface area contributed by atoms with Gasteiger partial charge in [-0.05, 0) is 31.4 Å². The molecule has 1 heterocycles. The van der Waals surface area contributed by atoms with E-state index in [2.05, 4.69) is 69.4 Å². The molecule has 2 aromatic rings. The molecule has 2 rings (SSSR count). The molecule has 0 aliphatic carbocycles. The van der Waals surface area contributed by atoms with Gasteiger partial charge in [0.05, 0.1) is 5.69 Å². The molecular weight excluding hydrogens is 292 g/mol. The molecule has 0 saturated carbocycles. The van der Waals surface area contributed by atoms with Crippen molar-refractivity contribution in [1.82, 2.24) is 9.97 Å². The molecule has 1 aromatic carbocycles. The van der Waals surface area contributed by atoms with Crippen molar-refractivity contribution < 1.29 is 0 Å². The van der Waals surface area contributed by atoms with Crippen molar-refractivity contribution in [3.05, 3.63) is 78.3 Å². The molecule has 0 saturated heterocycles. The van der Waals surface area contributed by atoms with E-state index in [1.807, 2.05) is 18.2 Å². The van der Waals surface area contributed by atoms with E-state index in [9.17, 15) is 0 Å². The number of rotatable bonds is 7. The van der Waals surface area contributed by atoms with Crippen LogP contribution in [0.5, 0.6) is 0 Å². The topological polar surface area (TPSA) is 25.8 Å². The number of nitrogens with zero attached hydrogens (tertiary/aromatic N) is 2. The maximum Gasteiger partial charge on any atom is 0.155 e. The van der Waals surface area contributed by atoms with Crippen LogP contribution in [0.4, 0.5) is 0 Å². The van der Waals surface area contributed by atoms with Crippen molar-refractivity contribution in [2.45, 2.75) is 40.0 Å². The Hall–Kier alpha value is -2.48. The fourth-order valence-corrected chi connectivity index (χ4v) is 2.41. The van der Waals surface area contributed by atoms with Gasteiger partial charge in [-0.3, -0.25) is 0 Å². The molecule has 0 fully saturated rings. The van der Waals surface area contributed by atoms with Gasteiger partial charge in [-0.25, -0.2) is 9.97 Å². The van der Waals surface area contributed by atoms with Gasteiger partial charge in [0.1, 0.15) is 0 Å². The van der Waals surface area contributed by atoms with Crippen molar-refractivity contribution in [3.8, 4) is 11.3 Å². The highest BCUT2D eigenvalue weighted by molar-refractivity contribution is 5.64. The highest BCUT2D eigenvalue weighted by Gasteiger charge is 2.07. The molecular formula is C22H26N2. The number of allylic oxidation sites excluding steroid dienone is 6. The summed E-state index contributed by atoms with van der Waals surface area (Å²) in [4.78, 5) is 9.50. The largest absolute Gasteiger partial charge is 0.233 e. The summed E-state index contributed by atoms with van der Waals surface area (Å²) in [6, 6.07) is 12.4. The second kappa shape index (κ2) is 9.61. The lowest BCUT2D eigenvalue weighted by molar-refractivity contribution is 1.02. The van der Waals surface area contributed by atoms with Crippen LogP contribution in [0.2, 0.25) is 0 Å². The molecule has 0 bridgehead atoms. The Morgan fingerprint density at radius 2 is 1.71 bits per heavy atom. The summed E-state index contributed by atoms with van der Waals surface area (Å²) in [5.41, 5.74) is 4.29. The van der Waals surface area contributed by atoms with Crippen molar-refractivity contribution in [3.63, 3.8) is 0 Å². The molecule has 0 aliphatic rings. The molecule has 0 amide bonds. The summed E-state index contributed by atoms with van der Waals surface area (Å²) in [7, 11) is 0. The average Bonchev–Trinajstić information content (AvgIpc) is 2.62. The van der Waals surface area contributed by atoms with Crippen LogP contribution >= 0.6 is 0 Å². The Labute approximate surface area is 145 Å². The number of benzene rings is 1. The van der Waals surface area contributed by atoms with Crippen molar-refractivity contribution in [2.24, 2.45) is 0 Å². The minimum absolute atomic E-state index is 0.808. The average molecular weight is 318 g/mol. The van der Waals surface area contributed by atoms with Gasteiger partial charge < -0.3 is 0 Å². The van der Waals surface area contributed by atoms with Gasteiger partial charge in [-0.1, -0.05) is 74.6 Å². The predicted octanol–water partition coefficient (Wildman–Crippen LogP) is 6.02. The molecule has 2 heteroatoms. The summed E-state index contributed by atoms with van der Waals surface area (Å²) in [5.74, 6) is 0.825. The van der Waals surface area contributed by atoms with Crippen molar-refractivity contribution >= 4 is 5.57 Å². The lowest BCUT2D eigenvalue weighted by atomic mass is 10.1. The first-order chi connectivity index (χ1) is 11.7. The monoisotopic (exact) mass is 318 g/mol. The van der Waals surface area contributed by atoms with Gasteiger partial charge in [-0.15, -0.1) is 0 Å². The van der Waals surface area contributed by atoms with Gasteiger partial charge in [0.25, 0.3) is 0 Å². The van der Waals surface area contributed by atoms with Crippen molar-refractivity contribution in [2.75, 3.05) is 0 Å². The number of hydrogen-bond acceptors (Lipinski definition) is 2. The molecule has 2 nitrogen and oxygen atoms in total. The van der Waals surface area contributed by atoms with Crippen LogP contribution in [0.1, 0.15) is 45.1 Å². The Morgan fingerprint density at radius 1 is 0.958 bits per heavy atom. The second-order valence-corrected chi connectivity index (χ2v) is 5.70. The molecule has 0 spiro atoms. The molecule has 0 unspecified atom stereocenters. The summed E-state index contributed by atoms with van der Waals surface area (Å²) in [6.07, 6.45) is 13.5. The molecule has 1 aromatic heterocycles. The van der Waals surface area contributed by atoms with E-state index < -0.39 is 0 Å². The van der Waals surface area contributed by atoms with Crippen LogP contribution in [0.15, 0.2) is 66.8 Å². The molecule has 0 aliphatic heterocycles. The fourth-order valence-electron chi connectivity index (χ4n) is 2.41. The predicted molar refractivity (Wildman–Crippen MR) is 104 cm³/mol. The highest BCUT2D eigenvalue weighted by atomic mass is 14.9. The van der Waals surface area contributed by atoms with Crippen LogP contribution in [-0.2, 0) is 6.42 Å². The zero-order chi connectivity index (χ0) is 17.2. The highest BCUT2D eigenvalue weighted by Crippen LogP contribution is 2.20. The lowest BCUT2D eigenvalue weighted by Crippen LogP contribution is -2.00. The molecule has 24 heavy (non-hydrogen) atoms. The zero-order valence-corrected chi connectivity index (χ0v) is 14.9. The number of hydrogen-bond donors (Lipinski definition) is 0. The first-order valence-electron chi connectivity index (χ1n) is 8.66. The third kappa shape index (κ3) is 5.31. The van der Waals surface area contributed by atoms with E-state index in [4.69, 9.17) is 9.97 Å². The first-order valence-corrected chi connectivity index (χ1v) is 8.66. The van der Waals surface area contributed by atoms with Crippen molar-refractivity contribution in [1.29, 1.82) is 0 Å². The summed E-state index contributed by atoms with van der Waals surface area (Å²) < 4.78 is 0. The molecule has 0 N–H and O–H groups in total. The van der Waals surface area contributed by atoms with Crippen LogP contribution in [0.3, 0.4) is 0 Å². The fraction of sp³-hybridized carbons (Fsp3) is 0.273. The summed E-state index contributed by atoms with van der Waals surface area (Å²) >= 11 is 0. The van der Waals surface area contributed by atoms with Gasteiger partial charge in [0, 0.05) is 17.7 Å². The maximum absolute atomic E-state index is 4.76. The Morgan fingerprint density at radius 3 is 2.42 bits per heavy atom. The van der Waals surface area contributed by atoms with E-state index in [1.54, 1.807) is 0 Å². The van der Waals surface area contributed by atoms with Crippen LogP contribution < -0.4 is 0 Å². The van der Waals surface area contributed by atoms with Crippen LogP contribution in [0, 0.1) is 0 Å². The van der Waals surface area contributed by atoms with E-state index in [1.165, 1.54) is 0 Å². The Bertz CT molecular complexity index is 725.